The second kappa shape index (κ2) is 4.82. The highest BCUT2D eigenvalue weighted by atomic mass is 19.4. The smallest absolute Gasteiger partial charge is 0.292 e. The summed E-state index contributed by atoms with van der Waals surface area (Å²) in [6.07, 6.45) is -7.71. The van der Waals surface area contributed by atoms with Crippen molar-refractivity contribution in [2.45, 2.75) is 24.4 Å². The van der Waals surface area contributed by atoms with Crippen LogP contribution in [-0.2, 0) is 11.2 Å². The molecule has 0 atom stereocenters. The summed E-state index contributed by atoms with van der Waals surface area (Å²) in [6, 6.07) is 6.47. The van der Waals surface area contributed by atoms with Crippen molar-refractivity contribution in [2.75, 3.05) is 0 Å². The van der Waals surface area contributed by atoms with E-state index >= 15 is 0 Å². The molecule has 1 rings (SSSR count). The van der Waals surface area contributed by atoms with Crippen LogP contribution in [0.1, 0.15) is 5.56 Å². The maximum absolute atomic E-state index is 13.0. The van der Waals surface area contributed by atoms with E-state index in [1.54, 1.807) is 0 Å². The molecule has 0 N–H and O–H groups in total. The fourth-order valence-corrected chi connectivity index (χ4v) is 1.25. The number of benzene rings is 1. The van der Waals surface area contributed by atoms with Crippen molar-refractivity contribution in [3.8, 4) is 0 Å². The number of halogens is 7. The highest BCUT2D eigenvalue weighted by Gasteiger charge is 2.75. The van der Waals surface area contributed by atoms with Gasteiger partial charge in [-0.2, -0.15) is 30.7 Å². The maximum Gasteiger partial charge on any atom is 0.460 e. The minimum atomic E-state index is -6.50. The van der Waals surface area contributed by atoms with Gasteiger partial charge in [-0.05, 0) is 5.56 Å². The van der Waals surface area contributed by atoms with E-state index in [2.05, 4.69) is 0 Å². The molecule has 0 aromatic heterocycles. The summed E-state index contributed by atoms with van der Waals surface area (Å²) in [5.41, 5.74) is -0.0786. The maximum atomic E-state index is 13.0. The third-order valence-electron chi connectivity index (χ3n) is 2.31. The zero-order valence-electron chi connectivity index (χ0n) is 9.15. The van der Waals surface area contributed by atoms with Crippen molar-refractivity contribution in [3.63, 3.8) is 0 Å². The minimum Gasteiger partial charge on any atom is -0.292 e. The van der Waals surface area contributed by atoms with Crippen LogP contribution in [-0.4, -0.2) is 23.8 Å². The van der Waals surface area contributed by atoms with Gasteiger partial charge < -0.3 is 0 Å². The largest absolute Gasteiger partial charge is 0.460 e. The van der Waals surface area contributed by atoms with E-state index in [4.69, 9.17) is 0 Å². The van der Waals surface area contributed by atoms with Gasteiger partial charge in [0.2, 0.25) is 5.78 Å². The topological polar surface area (TPSA) is 17.1 Å². The summed E-state index contributed by atoms with van der Waals surface area (Å²) < 4.78 is 86.6. The molecule has 0 saturated heterocycles. The Morgan fingerprint density at radius 1 is 0.895 bits per heavy atom. The Morgan fingerprint density at radius 3 is 1.79 bits per heavy atom. The monoisotopic (exact) mass is 288 g/mol. The zero-order valence-corrected chi connectivity index (χ0v) is 9.15. The summed E-state index contributed by atoms with van der Waals surface area (Å²) in [5, 5.41) is 0. The first-order chi connectivity index (χ1) is 8.50. The molecular formula is C11H7F7O. The lowest BCUT2D eigenvalue weighted by Gasteiger charge is -2.26. The normalized spacial score (nSPS) is 13.4. The van der Waals surface area contributed by atoms with E-state index < -0.39 is 30.2 Å². The summed E-state index contributed by atoms with van der Waals surface area (Å²) >= 11 is 0. The minimum absolute atomic E-state index is 0.0786. The van der Waals surface area contributed by atoms with E-state index in [1.807, 2.05) is 0 Å². The van der Waals surface area contributed by atoms with Crippen molar-refractivity contribution in [1.82, 2.24) is 0 Å². The second-order valence-electron chi connectivity index (χ2n) is 3.73. The van der Waals surface area contributed by atoms with E-state index in [0.29, 0.717) is 0 Å². The average molecular weight is 288 g/mol. The van der Waals surface area contributed by atoms with E-state index in [-0.39, 0.29) is 5.56 Å². The Morgan fingerprint density at radius 2 is 1.37 bits per heavy atom. The molecule has 0 aliphatic heterocycles. The Balaban J connectivity index is 2.98. The fraction of sp³-hybridized carbons (Fsp3) is 0.364. The number of hydrogen-bond acceptors (Lipinski definition) is 1. The lowest BCUT2D eigenvalue weighted by Crippen LogP contribution is -2.56. The average Bonchev–Trinajstić information content (AvgIpc) is 2.28. The van der Waals surface area contributed by atoms with Gasteiger partial charge >= 0.3 is 18.0 Å². The van der Waals surface area contributed by atoms with Crippen molar-refractivity contribution in [2.24, 2.45) is 0 Å². The van der Waals surface area contributed by atoms with Gasteiger partial charge in [0.25, 0.3) is 0 Å². The molecule has 1 aromatic rings. The number of carbonyl (C=O) groups is 1. The number of carbonyl (C=O) groups excluding carboxylic acids is 1. The van der Waals surface area contributed by atoms with E-state index in [9.17, 15) is 35.5 Å². The lowest BCUT2D eigenvalue weighted by atomic mass is 10.00. The predicted octanol–water partition coefficient (Wildman–Crippen LogP) is 3.63. The molecule has 0 saturated carbocycles. The highest BCUT2D eigenvalue weighted by molar-refractivity contribution is 5.88. The van der Waals surface area contributed by atoms with Crippen LogP contribution >= 0.6 is 0 Å². The second-order valence-corrected chi connectivity index (χ2v) is 3.73. The third kappa shape index (κ3) is 2.87. The number of ketones is 1. The zero-order chi connectivity index (χ0) is 14.9. The van der Waals surface area contributed by atoms with Crippen molar-refractivity contribution in [3.05, 3.63) is 35.9 Å². The standard InChI is InChI=1S/C11H7F7O/c12-9(13,10(14,15)11(16,17)18)8(19)6-7-4-2-1-3-5-7/h1-5H,6H2. The highest BCUT2D eigenvalue weighted by Crippen LogP contribution is 2.47. The van der Waals surface area contributed by atoms with E-state index in [1.165, 1.54) is 30.3 Å². The molecule has 0 amide bonds. The molecule has 8 heteroatoms. The summed E-state index contributed by atoms with van der Waals surface area (Å²) in [5.74, 6) is -14.7. The molecule has 0 unspecified atom stereocenters. The van der Waals surface area contributed by atoms with Crippen LogP contribution in [0, 0.1) is 0 Å². The molecular weight excluding hydrogens is 281 g/mol. The van der Waals surface area contributed by atoms with E-state index in [0.717, 1.165) is 0 Å². The predicted molar refractivity (Wildman–Crippen MR) is 51.1 cm³/mol. The first kappa shape index (κ1) is 15.5. The van der Waals surface area contributed by atoms with Crippen LogP contribution in [0.15, 0.2) is 30.3 Å². The van der Waals surface area contributed by atoms with Crippen LogP contribution in [0.3, 0.4) is 0 Å². The summed E-state index contributed by atoms with van der Waals surface area (Å²) in [7, 11) is 0. The van der Waals surface area contributed by atoms with Crippen LogP contribution in [0.5, 0.6) is 0 Å². The fourth-order valence-electron chi connectivity index (χ4n) is 1.25. The van der Waals surface area contributed by atoms with Gasteiger partial charge in [-0.1, -0.05) is 30.3 Å². The van der Waals surface area contributed by atoms with Gasteiger partial charge in [0.1, 0.15) is 0 Å². The van der Waals surface area contributed by atoms with Gasteiger partial charge in [0.15, 0.2) is 0 Å². The Kier molecular flexibility index (Phi) is 3.92. The van der Waals surface area contributed by atoms with Gasteiger partial charge in [-0.25, -0.2) is 0 Å². The SMILES string of the molecule is O=C(Cc1ccccc1)C(F)(F)C(F)(F)C(F)(F)F. The first-order valence-corrected chi connectivity index (χ1v) is 4.89. The molecule has 1 nitrogen and oxygen atoms in total. The molecule has 19 heavy (non-hydrogen) atoms. The molecule has 0 aliphatic carbocycles. The lowest BCUT2D eigenvalue weighted by molar-refractivity contribution is -0.343. The van der Waals surface area contributed by atoms with Crippen LogP contribution < -0.4 is 0 Å². The molecule has 0 aliphatic rings. The Hall–Kier alpha value is -1.60. The van der Waals surface area contributed by atoms with Crippen molar-refractivity contribution < 1.29 is 35.5 Å². The van der Waals surface area contributed by atoms with Crippen molar-refractivity contribution in [1.29, 1.82) is 0 Å². The molecule has 0 radical (unpaired) electrons. The first-order valence-electron chi connectivity index (χ1n) is 4.89. The van der Waals surface area contributed by atoms with Crippen LogP contribution in [0.25, 0.3) is 0 Å². The molecule has 0 spiro atoms. The summed E-state index contributed by atoms with van der Waals surface area (Å²) in [6.45, 7) is 0. The van der Waals surface area contributed by atoms with Crippen LogP contribution in [0.4, 0.5) is 30.7 Å². The molecule has 0 fully saturated rings. The Labute approximate surface area is 103 Å². The van der Waals surface area contributed by atoms with Crippen molar-refractivity contribution >= 4 is 5.78 Å². The number of rotatable bonds is 4. The Bertz CT molecular complexity index is 450. The molecule has 106 valence electrons. The quantitative estimate of drug-likeness (QED) is 0.773. The van der Waals surface area contributed by atoms with Crippen LogP contribution in [0.2, 0.25) is 0 Å². The van der Waals surface area contributed by atoms with Gasteiger partial charge in [-0.3, -0.25) is 4.79 Å². The van der Waals surface area contributed by atoms with Gasteiger partial charge in [0, 0.05) is 6.42 Å². The number of Topliss-reactive ketones (excluding diaryl/α,β-unsaturated/α-hetero) is 1. The third-order valence-corrected chi connectivity index (χ3v) is 2.31. The molecule has 0 bridgehead atoms. The molecule has 0 heterocycles. The number of hydrogen-bond donors (Lipinski definition) is 0. The van der Waals surface area contributed by atoms with Gasteiger partial charge in [-0.15, -0.1) is 0 Å². The number of alkyl halides is 7. The van der Waals surface area contributed by atoms with Gasteiger partial charge in [0.05, 0.1) is 0 Å². The molecule has 1 aromatic carbocycles. The summed E-state index contributed by atoms with van der Waals surface area (Å²) in [4.78, 5) is 11.0.